The van der Waals surface area contributed by atoms with Crippen molar-refractivity contribution in [1.29, 1.82) is 0 Å². The number of benzene rings is 3. The highest BCUT2D eigenvalue weighted by Crippen LogP contribution is 2.26. The van der Waals surface area contributed by atoms with Crippen LogP contribution in [0, 0.1) is 12.7 Å². The number of sulfonamides is 1. The van der Waals surface area contributed by atoms with Gasteiger partial charge in [-0.3, -0.25) is 13.9 Å². The van der Waals surface area contributed by atoms with Crippen LogP contribution in [0.1, 0.15) is 50.2 Å². The molecule has 10 heteroatoms. The van der Waals surface area contributed by atoms with E-state index in [4.69, 9.17) is 4.74 Å². The van der Waals surface area contributed by atoms with E-state index in [1.807, 2.05) is 31.2 Å². The summed E-state index contributed by atoms with van der Waals surface area (Å²) in [6.45, 7) is 3.12. The van der Waals surface area contributed by atoms with Gasteiger partial charge >= 0.3 is 0 Å². The molecule has 1 aliphatic rings. The Labute approximate surface area is 247 Å². The average Bonchev–Trinajstić information content (AvgIpc) is 2.99. The quantitative estimate of drug-likeness (QED) is 0.329. The van der Waals surface area contributed by atoms with Crippen LogP contribution in [0.15, 0.2) is 77.7 Å². The van der Waals surface area contributed by atoms with Gasteiger partial charge in [-0.1, -0.05) is 49.1 Å². The van der Waals surface area contributed by atoms with Crippen LogP contribution in [0.4, 0.5) is 10.1 Å². The van der Waals surface area contributed by atoms with E-state index in [0.29, 0.717) is 5.75 Å². The first-order valence-corrected chi connectivity index (χ1v) is 15.6. The topological polar surface area (TPSA) is 96.0 Å². The van der Waals surface area contributed by atoms with Gasteiger partial charge in [0.15, 0.2) is 0 Å². The summed E-state index contributed by atoms with van der Waals surface area (Å²) < 4.78 is 47.7. The first-order valence-electron chi connectivity index (χ1n) is 14.2. The zero-order valence-electron chi connectivity index (χ0n) is 24.3. The summed E-state index contributed by atoms with van der Waals surface area (Å²) >= 11 is 0. The normalized spacial score (nSPS) is 14.6. The second-order valence-corrected chi connectivity index (χ2v) is 12.6. The fourth-order valence-corrected chi connectivity index (χ4v) is 6.58. The maximum absolute atomic E-state index is 14.0. The molecule has 1 saturated carbocycles. The number of nitrogens with zero attached hydrogens (tertiary/aromatic N) is 2. The number of ether oxygens (including phenoxy) is 1. The third-order valence-electron chi connectivity index (χ3n) is 7.60. The molecule has 224 valence electrons. The molecule has 2 amide bonds. The molecule has 3 aromatic carbocycles. The van der Waals surface area contributed by atoms with Crippen LogP contribution < -0.4 is 14.4 Å². The molecule has 0 unspecified atom stereocenters. The number of anilines is 1. The monoisotopic (exact) mass is 595 g/mol. The molecule has 0 aromatic heterocycles. The first kappa shape index (κ1) is 31.0. The van der Waals surface area contributed by atoms with Crippen molar-refractivity contribution in [2.45, 2.75) is 69.5 Å². The molecule has 1 N–H and O–H groups in total. The lowest BCUT2D eigenvalue weighted by Crippen LogP contribution is -2.53. The van der Waals surface area contributed by atoms with Crippen molar-refractivity contribution in [2.24, 2.45) is 0 Å². The Balaban J connectivity index is 1.67. The Morgan fingerprint density at radius 3 is 2.29 bits per heavy atom. The van der Waals surface area contributed by atoms with Gasteiger partial charge in [0.2, 0.25) is 11.8 Å². The number of methoxy groups -OCH3 is 1. The molecular formula is C32H38FN3O5S. The molecule has 0 bridgehead atoms. The third kappa shape index (κ3) is 7.67. The summed E-state index contributed by atoms with van der Waals surface area (Å²) in [6.07, 6.45) is 5.01. The molecule has 8 nitrogen and oxygen atoms in total. The van der Waals surface area contributed by atoms with Gasteiger partial charge in [0.05, 0.1) is 17.7 Å². The van der Waals surface area contributed by atoms with E-state index in [1.165, 1.54) is 48.4 Å². The van der Waals surface area contributed by atoms with Crippen LogP contribution >= 0.6 is 0 Å². The molecule has 1 fully saturated rings. The number of aryl methyl sites for hydroxylation is 1. The summed E-state index contributed by atoms with van der Waals surface area (Å²) in [6, 6.07) is 17.5. The zero-order chi connectivity index (χ0) is 30.3. The van der Waals surface area contributed by atoms with Crippen LogP contribution in [-0.2, 0) is 26.2 Å². The van der Waals surface area contributed by atoms with E-state index < -0.39 is 34.3 Å². The van der Waals surface area contributed by atoms with Crippen LogP contribution in [-0.4, -0.2) is 50.9 Å². The zero-order valence-corrected chi connectivity index (χ0v) is 25.1. The lowest BCUT2D eigenvalue weighted by molar-refractivity contribution is -0.139. The molecule has 4 rings (SSSR count). The maximum Gasteiger partial charge on any atom is 0.264 e. The second kappa shape index (κ2) is 13.8. The Hall–Kier alpha value is -3.92. The highest BCUT2D eigenvalue weighted by molar-refractivity contribution is 7.92. The Bertz CT molecular complexity index is 1470. The number of hydrogen-bond acceptors (Lipinski definition) is 5. The number of nitrogens with one attached hydrogen (secondary N) is 1. The largest absolute Gasteiger partial charge is 0.497 e. The molecule has 0 heterocycles. The minimum Gasteiger partial charge on any atom is -0.497 e. The molecule has 0 aliphatic heterocycles. The minimum absolute atomic E-state index is 0.0517. The van der Waals surface area contributed by atoms with Crippen LogP contribution in [0.25, 0.3) is 0 Å². The highest BCUT2D eigenvalue weighted by Gasteiger charge is 2.33. The summed E-state index contributed by atoms with van der Waals surface area (Å²) in [5, 5.41) is 3.09. The fourth-order valence-electron chi connectivity index (χ4n) is 5.17. The van der Waals surface area contributed by atoms with Crippen molar-refractivity contribution in [1.82, 2.24) is 10.2 Å². The van der Waals surface area contributed by atoms with Gasteiger partial charge in [0, 0.05) is 12.6 Å². The average molecular weight is 596 g/mol. The van der Waals surface area contributed by atoms with Crippen LogP contribution in [0.3, 0.4) is 0 Å². The number of rotatable bonds is 11. The Morgan fingerprint density at radius 1 is 1.00 bits per heavy atom. The molecule has 42 heavy (non-hydrogen) atoms. The maximum atomic E-state index is 14.0. The summed E-state index contributed by atoms with van der Waals surface area (Å²) in [5.74, 6) is -0.917. The molecule has 0 spiro atoms. The Kier molecular flexibility index (Phi) is 10.2. The number of hydrogen-bond donors (Lipinski definition) is 1. The lowest BCUT2D eigenvalue weighted by atomic mass is 9.95. The van der Waals surface area contributed by atoms with Crippen molar-refractivity contribution in [2.75, 3.05) is 18.0 Å². The van der Waals surface area contributed by atoms with Gasteiger partial charge in [0.25, 0.3) is 10.0 Å². The molecule has 1 atom stereocenters. The fraction of sp³-hybridized carbons (Fsp3) is 0.375. The van der Waals surface area contributed by atoms with Crippen molar-refractivity contribution in [3.8, 4) is 5.75 Å². The standard InChI is InChI=1S/C32H38FN3O5S/c1-23-8-7-9-25(20-23)21-35(24(2)32(38)34-27-10-5-4-6-11-27)31(37)22-36(28-14-12-26(33)13-15-28)42(39,40)30-18-16-29(41-3)17-19-30/h7-9,12-20,24,27H,4-6,10-11,21-22H2,1-3H3,(H,34,38)/t24-/m1/s1. The van der Waals surface area contributed by atoms with Crippen molar-refractivity contribution >= 4 is 27.5 Å². The van der Waals surface area contributed by atoms with E-state index in [9.17, 15) is 22.4 Å². The third-order valence-corrected chi connectivity index (χ3v) is 9.38. The summed E-state index contributed by atoms with van der Waals surface area (Å²) in [5.41, 5.74) is 1.93. The Morgan fingerprint density at radius 2 is 1.67 bits per heavy atom. The minimum atomic E-state index is -4.26. The van der Waals surface area contributed by atoms with E-state index in [2.05, 4.69) is 5.32 Å². The van der Waals surface area contributed by atoms with Gasteiger partial charge < -0.3 is 15.0 Å². The molecular weight excluding hydrogens is 557 g/mol. The van der Waals surface area contributed by atoms with E-state index >= 15 is 0 Å². The smallest absolute Gasteiger partial charge is 0.264 e. The predicted octanol–water partition coefficient (Wildman–Crippen LogP) is 5.20. The summed E-state index contributed by atoms with van der Waals surface area (Å²) in [4.78, 5) is 28.8. The lowest BCUT2D eigenvalue weighted by Gasteiger charge is -2.33. The van der Waals surface area contributed by atoms with Gasteiger partial charge in [-0.05, 0) is 80.8 Å². The number of carbonyl (C=O) groups excluding carboxylic acids is 2. The number of carbonyl (C=O) groups is 2. The predicted molar refractivity (Wildman–Crippen MR) is 160 cm³/mol. The number of halogens is 1. The van der Waals surface area contributed by atoms with Gasteiger partial charge in [-0.15, -0.1) is 0 Å². The molecule has 0 saturated heterocycles. The highest BCUT2D eigenvalue weighted by atomic mass is 32.2. The van der Waals surface area contributed by atoms with E-state index in [1.54, 1.807) is 6.92 Å². The molecule has 3 aromatic rings. The van der Waals surface area contributed by atoms with E-state index in [-0.39, 0.29) is 29.1 Å². The van der Waals surface area contributed by atoms with Crippen molar-refractivity contribution in [3.05, 3.63) is 89.7 Å². The van der Waals surface area contributed by atoms with Gasteiger partial charge in [-0.25, -0.2) is 12.8 Å². The van der Waals surface area contributed by atoms with Gasteiger partial charge in [-0.2, -0.15) is 0 Å². The number of amides is 2. The summed E-state index contributed by atoms with van der Waals surface area (Å²) in [7, 11) is -2.79. The van der Waals surface area contributed by atoms with Crippen molar-refractivity contribution in [3.63, 3.8) is 0 Å². The van der Waals surface area contributed by atoms with Crippen LogP contribution in [0.5, 0.6) is 5.75 Å². The van der Waals surface area contributed by atoms with Crippen molar-refractivity contribution < 1.29 is 27.1 Å². The van der Waals surface area contributed by atoms with E-state index in [0.717, 1.165) is 59.7 Å². The first-order chi connectivity index (χ1) is 20.1. The van der Waals surface area contributed by atoms with Crippen LogP contribution in [0.2, 0.25) is 0 Å². The molecule has 1 aliphatic carbocycles. The van der Waals surface area contributed by atoms with Gasteiger partial charge in [0.1, 0.15) is 24.2 Å². The molecule has 0 radical (unpaired) electrons. The second-order valence-electron chi connectivity index (χ2n) is 10.7. The SMILES string of the molecule is COc1ccc(S(=O)(=O)N(CC(=O)N(Cc2cccc(C)c2)[C@H](C)C(=O)NC2CCCCC2)c2ccc(F)cc2)cc1.